The second-order valence-corrected chi connectivity index (χ2v) is 6.00. The molecule has 0 unspecified atom stereocenters. The van der Waals surface area contributed by atoms with Crippen LogP contribution >= 0.6 is 0 Å². The largest absolute Gasteiger partial charge is 0.356 e. The molecule has 3 heteroatoms. The van der Waals surface area contributed by atoms with Crippen molar-refractivity contribution in [3.8, 4) is 0 Å². The Morgan fingerprint density at radius 3 is 2.24 bits per heavy atom. The minimum absolute atomic E-state index is 0.212. The van der Waals surface area contributed by atoms with Crippen LogP contribution in [0, 0.1) is 17.8 Å². The van der Waals surface area contributed by atoms with Crippen molar-refractivity contribution >= 4 is 5.91 Å². The number of hydrogen-bond donors (Lipinski definition) is 2. The lowest BCUT2D eigenvalue weighted by Gasteiger charge is -2.16. The summed E-state index contributed by atoms with van der Waals surface area (Å²) in [7, 11) is 0. The zero-order chi connectivity index (χ0) is 12.3. The van der Waals surface area contributed by atoms with Gasteiger partial charge in [-0.05, 0) is 43.4 Å². The molecule has 0 atom stereocenters. The van der Waals surface area contributed by atoms with Gasteiger partial charge in [-0.15, -0.1) is 0 Å². The van der Waals surface area contributed by atoms with Gasteiger partial charge in [0.1, 0.15) is 0 Å². The lowest BCUT2D eigenvalue weighted by molar-refractivity contribution is -0.121. The summed E-state index contributed by atoms with van der Waals surface area (Å²) >= 11 is 0. The highest BCUT2D eigenvalue weighted by molar-refractivity contribution is 5.76. The number of carbonyl (C=O) groups is 1. The van der Waals surface area contributed by atoms with Gasteiger partial charge in [0, 0.05) is 25.6 Å². The van der Waals surface area contributed by atoms with E-state index in [4.69, 9.17) is 0 Å². The van der Waals surface area contributed by atoms with Crippen molar-refractivity contribution in [3.63, 3.8) is 0 Å². The topological polar surface area (TPSA) is 41.1 Å². The fraction of sp³-hybridized carbons (Fsp3) is 0.929. The molecule has 2 aliphatic rings. The fourth-order valence-corrected chi connectivity index (χ4v) is 2.56. The SMILES string of the molecule is CC(C)NCCC(=O)NCC(C1CC1)C1CC1. The van der Waals surface area contributed by atoms with E-state index in [-0.39, 0.29) is 5.91 Å². The van der Waals surface area contributed by atoms with E-state index in [1.54, 1.807) is 0 Å². The monoisotopic (exact) mass is 238 g/mol. The first kappa shape index (κ1) is 12.9. The second kappa shape index (κ2) is 5.85. The molecule has 3 nitrogen and oxygen atoms in total. The molecule has 2 fully saturated rings. The summed E-state index contributed by atoms with van der Waals surface area (Å²) in [6.07, 6.45) is 6.19. The molecule has 0 aromatic rings. The van der Waals surface area contributed by atoms with Gasteiger partial charge < -0.3 is 10.6 Å². The minimum atomic E-state index is 0.212. The number of carbonyl (C=O) groups excluding carboxylic acids is 1. The van der Waals surface area contributed by atoms with Crippen LogP contribution in [0.25, 0.3) is 0 Å². The Hall–Kier alpha value is -0.570. The Labute approximate surface area is 105 Å². The van der Waals surface area contributed by atoms with Gasteiger partial charge in [-0.25, -0.2) is 0 Å². The van der Waals surface area contributed by atoms with E-state index in [1.165, 1.54) is 25.7 Å². The van der Waals surface area contributed by atoms with Crippen LogP contribution in [0.1, 0.15) is 46.0 Å². The molecule has 0 aromatic heterocycles. The van der Waals surface area contributed by atoms with Gasteiger partial charge in [-0.3, -0.25) is 4.79 Å². The molecular formula is C14H26N2O. The van der Waals surface area contributed by atoms with Crippen LogP contribution in [0.3, 0.4) is 0 Å². The van der Waals surface area contributed by atoms with E-state index in [0.29, 0.717) is 12.5 Å². The van der Waals surface area contributed by atoms with Gasteiger partial charge >= 0.3 is 0 Å². The van der Waals surface area contributed by atoms with Crippen LogP contribution in [0.5, 0.6) is 0 Å². The Balaban J connectivity index is 1.58. The van der Waals surface area contributed by atoms with Crippen molar-refractivity contribution in [2.45, 2.75) is 52.0 Å². The summed E-state index contributed by atoms with van der Waals surface area (Å²) in [5.41, 5.74) is 0. The predicted molar refractivity (Wildman–Crippen MR) is 69.7 cm³/mol. The maximum absolute atomic E-state index is 11.7. The van der Waals surface area contributed by atoms with Gasteiger partial charge in [-0.2, -0.15) is 0 Å². The molecule has 98 valence electrons. The Morgan fingerprint density at radius 2 is 1.76 bits per heavy atom. The molecule has 0 radical (unpaired) electrons. The van der Waals surface area contributed by atoms with Crippen LogP contribution in [-0.4, -0.2) is 25.0 Å². The average Bonchev–Trinajstić information content (AvgIpc) is 3.12. The van der Waals surface area contributed by atoms with E-state index >= 15 is 0 Å². The van der Waals surface area contributed by atoms with E-state index < -0.39 is 0 Å². The Morgan fingerprint density at radius 1 is 1.18 bits per heavy atom. The molecule has 0 aromatic carbocycles. The first-order valence-electron chi connectivity index (χ1n) is 7.17. The van der Waals surface area contributed by atoms with Crippen LogP contribution in [-0.2, 0) is 4.79 Å². The van der Waals surface area contributed by atoms with Crippen molar-refractivity contribution in [1.82, 2.24) is 10.6 Å². The van der Waals surface area contributed by atoms with E-state index in [0.717, 1.165) is 30.8 Å². The minimum Gasteiger partial charge on any atom is -0.356 e. The Kier molecular flexibility index (Phi) is 4.43. The average molecular weight is 238 g/mol. The highest BCUT2D eigenvalue weighted by atomic mass is 16.1. The summed E-state index contributed by atoms with van der Waals surface area (Å²) < 4.78 is 0. The van der Waals surface area contributed by atoms with E-state index in [2.05, 4.69) is 24.5 Å². The molecule has 0 heterocycles. The van der Waals surface area contributed by atoms with E-state index in [1.807, 2.05) is 0 Å². The van der Waals surface area contributed by atoms with Gasteiger partial charge in [0.2, 0.25) is 5.91 Å². The van der Waals surface area contributed by atoms with Gasteiger partial charge in [0.15, 0.2) is 0 Å². The molecule has 2 aliphatic carbocycles. The number of nitrogens with one attached hydrogen (secondary N) is 2. The maximum atomic E-state index is 11.7. The van der Waals surface area contributed by atoms with Gasteiger partial charge in [0.05, 0.1) is 0 Å². The third-order valence-corrected chi connectivity index (χ3v) is 3.89. The quantitative estimate of drug-likeness (QED) is 0.678. The fourth-order valence-electron chi connectivity index (χ4n) is 2.56. The summed E-state index contributed by atoms with van der Waals surface area (Å²) in [4.78, 5) is 11.7. The van der Waals surface area contributed by atoms with Crippen LogP contribution in [0.15, 0.2) is 0 Å². The number of rotatable bonds is 8. The van der Waals surface area contributed by atoms with Crippen molar-refractivity contribution < 1.29 is 4.79 Å². The number of amides is 1. The molecule has 2 N–H and O–H groups in total. The third kappa shape index (κ3) is 4.66. The van der Waals surface area contributed by atoms with E-state index in [9.17, 15) is 4.79 Å². The summed E-state index contributed by atoms with van der Waals surface area (Å²) in [6.45, 7) is 5.93. The smallest absolute Gasteiger partial charge is 0.221 e. The van der Waals surface area contributed by atoms with Gasteiger partial charge in [0.25, 0.3) is 0 Å². The van der Waals surface area contributed by atoms with Crippen LogP contribution < -0.4 is 10.6 Å². The highest BCUT2D eigenvalue weighted by Crippen LogP contribution is 2.48. The van der Waals surface area contributed by atoms with Crippen molar-refractivity contribution in [1.29, 1.82) is 0 Å². The standard InChI is InChI=1S/C14H26N2O/c1-10(2)15-8-7-14(17)16-9-13(11-3-4-11)12-5-6-12/h10-13,15H,3-9H2,1-2H3,(H,16,17). The normalized spacial score (nSPS) is 20.0. The third-order valence-electron chi connectivity index (χ3n) is 3.89. The molecule has 17 heavy (non-hydrogen) atoms. The van der Waals surface area contributed by atoms with Gasteiger partial charge in [-0.1, -0.05) is 13.8 Å². The first-order valence-corrected chi connectivity index (χ1v) is 7.17. The zero-order valence-electron chi connectivity index (χ0n) is 11.2. The number of hydrogen-bond acceptors (Lipinski definition) is 2. The summed E-state index contributed by atoms with van der Waals surface area (Å²) in [6, 6.07) is 0.466. The van der Waals surface area contributed by atoms with Crippen molar-refractivity contribution in [2.75, 3.05) is 13.1 Å². The molecule has 0 bridgehead atoms. The summed E-state index contributed by atoms with van der Waals surface area (Å²) in [5, 5.41) is 6.39. The van der Waals surface area contributed by atoms with Crippen molar-refractivity contribution in [3.05, 3.63) is 0 Å². The molecule has 2 saturated carbocycles. The molecule has 0 spiro atoms. The lowest BCUT2D eigenvalue weighted by Crippen LogP contribution is -2.34. The molecule has 2 rings (SSSR count). The van der Waals surface area contributed by atoms with Crippen molar-refractivity contribution in [2.24, 2.45) is 17.8 Å². The Bertz CT molecular complexity index is 245. The zero-order valence-corrected chi connectivity index (χ0v) is 11.2. The molecule has 1 amide bonds. The molecule has 0 saturated heterocycles. The second-order valence-electron chi connectivity index (χ2n) is 6.00. The molecule has 0 aliphatic heterocycles. The highest BCUT2D eigenvalue weighted by Gasteiger charge is 2.41. The summed E-state index contributed by atoms with van der Waals surface area (Å²) in [5.74, 6) is 2.86. The predicted octanol–water partition coefficient (Wildman–Crippen LogP) is 1.93. The lowest BCUT2D eigenvalue weighted by atomic mass is 9.98. The molecular weight excluding hydrogens is 212 g/mol. The van der Waals surface area contributed by atoms with Crippen LogP contribution in [0.2, 0.25) is 0 Å². The van der Waals surface area contributed by atoms with Crippen LogP contribution in [0.4, 0.5) is 0 Å². The first-order chi connectivity index (χ1) is 8.16. The maximum Gasteiger partial charge on any atom is 0.221 e.